The molecule has 0 amide bonds. The van der Waals surface area contributed by atoms with Crippen LogP contribution >= 0.6 is 0 Å². The van der Waals surface area contributed by atoms with Gasteiger partial charge in [-0.25, -0.2) is 0 Å². The zero-order chi connectivity index (χ0) is 10.7. The number of anilines is 1. The van der Waals surface area contributed by atoms with Crippen LogP contribution in [0.25, 0.3) is 0 Å². The van der Waals surface area contributed by atoms with Gasteiger partial charge in [0, 0.05) is 0 Å². The Labute approximate surface area is 78.3 Å². The van der Waals surface area contributed by atoms with Gasteiger partial charge in [0.15, 0.2) is 0 Å². The number of nitro groups is 1. The van der Waals surface area contributed by atoms with Gasteiger partial charge in [-0.15, -0.1) is 0 Å². The number of rotatable bonds is 4. The highest BCUT2D eigenvalue weighted by Crippen LogP contribution is 2.14. The molecule has 0 unspecified atom stereocenters. The molecule has 0 radical (unpaired) electrons. The van der Waals surface area contributed by atoms with Crippen LogP contribution in [-0.4, -0.2) is 32.1 Å². The fraction of sp³-hybridized carbons (Fsp3) is 0.333. The number of carbonyl (C=O) groups is 1. The van der Waals surface area contributed by atoms with E-state index in [4.69, 9.17) is 5.11 Å². The van der Waals surface area contributed by atoms with Gasteiger partial charge < -0.3 is 20.5 Å². The average molecular weight is 200 g/mol. The fourth-order valence-electron chi connectivity index (χ4n) is 0.889. The number of hydrogen-bond donors (Lipinski definition) is 2. The van der Waals surface area contributed by atoms with Gasteiger partial charge in [-0.3, -0.25) is 4.79 Å². The number of carboxylic acid groups (broad SMARTS) is 1. The Hall–Kier alpha value is -2.12. The highest BCUT2D eigenvalue weighted by molar-refractivity contribution is 5.71. The summed E-state index contributed by atoms with van der Waals surface area (Å²) in [6.45, 7) is -0.331. The minimum Gasteiger partial charge on any atom is -0.480 e. The van der Waals surface area contributed by atoms with Gasteiger partial charge in [-0.1, -0.05) is 0 Å². The first-order chi connectivity index (χ1) is 6.52. The third kappa shape index (κ3) is 1.97. The molecule has 0 fully saturated rings. The lowest BCUT2D eigenvalue weighted by molar-refractivity contribution is -0.391. The van der Waals surface area contributed by atoms with Gasteiger partial charge in [0.25, 0.3) is 5.95 Å². The van der Waals surface area contributed by atoms with Crippen molar-refractivity contribution in [3.05, 3.63) is 16.3 Å². The number of nitrogens with one attached hydrogen (secondary N) is 1. The summed E-state index contributed by atoms with van der Waals surface area (Å²) in [4.78, 5) is 23.6. The summed E-state index contributed by atoms with van der Waals surface area (Å²) >= 11 is 0. The molecule has 0 aromatic carbocycles. The first-order valence-electron chi connectivity index (χ1n) is 3.64. The summed E-state index contributed by atoms with van der Waals surface area (Å²) in [6, 6.07) is 0. The molecule has 0 aliphatic heterocycles. The van der Waals surface area contributed by atoms with Crippen molar-refractivity contribution in [3.63, 3.8) is 0 Å². The Bertz CT molecular complexity index is 372. The van der Waals surface area contributed by atoms with Crippen molar-refractivity contribution >= 4 is 17.7 Å². The molecule has 1 aromatic rings. The number of aromatic nitrogens is 2. The van der Waals surface area contributed by atoms with Crippen LogP contribution in [0.15, 0.2) is 6.20 Å². The zero-order valence-electron chi connectivity index (χ0n) is 7.30. The van der Waals surface area contributed by atoms with Gasteiger partial charge in [0.05, 0.1) is 7.05 Å². The third-order valence-electron chi connectivity index (χ3n) is 1.55. The lowest BCUT2D eigenvalue weighted by Gasteiger charge is -1.98. The van der Waals surface area contributed by atoms with Crippen molar-refractivity contribution in [2.75, 3.05) is 11.9 Å². The Morgan fingerprint density at radius 3 is 2.93 bits per heavy atom. The minimum absolute atomic E-state index is 0.152. The van der Waals surface area contributed by atoms with Crippen LogP contribution in [-0.2, 0) is 11.8 Å². The molecule has 0 saturated carbocycles. The molecular weight excluding hydrogens is 192 g/mol. The van der Waals surface area contributed by atoms with Crippen LogP contribution in [0.2, 0.25) is 0 Å². The molecule has 1 rings (SSSR count). The van der Waals surface area contributed by atoms with Gasteiger partial charge in [-0.05, 0) is 4.92 Å². The summed E-state index contributed by atoms with van der Waals surface area (Å²) in [5.41, 5.74) is 0. The molecule has 1 aromatic heterocycles. The SMILES string of the molecule is Cn1c([N+](=O)[O-])cnc1NCC(=O)O. The number of nitrogens with zero attached hydrogens (tertiary/aromatic N) is 3. The van der Waals surface area contributed by atoms with Crippen LogP contribution in [0, 0.1) is 10.1 Å². The van der Waals surface area contributed by atoms with E-state index < -0.39 is 10.9 Å². The molecule has 0 aliphatic carbocycles. The molecule has 76 valence electrons. The molecule has 8 heteroatoms. The number of imidazole rings is 1. The first kappa shape index (κ1) is 9.96. The van der Waals surface area contributed by atoms with Gasteiger partial charge in [0.2, 0.25) is 0 Å². The number of aliphatic carboxylic acids is 1. The number of carboxylic acids is 1. The topological polar surface area (TPSA) is 110 Å². The van der Waals surface area contributed by atoms with Gasteiger partial charge >= 0.3 is 11.8 Å². The maximum absolute atomic E-state index is 10.4. The van der Waals surface area contributed by atoms with Crippen molar-refractivity contribution < 1.29 is 14.8 Å². The molecule has 0 bridgehead atoms. The predicted molar refractivity (Wildman–Crippen MR) is 46.0 cm³/mol. The summed E-state index contributed by atoms with van der Waals surface area (Å²) in [5.74, 6) is -1.10. The summed E-state index contributed by atoms with van der Waals surface area (Å²) in [6.07, 6.45) is 1.06. The standard InChI is InChI=1S/C6H8N4O4/c1-9-4(10(13)14)2-7-6(9)8-3-5(11)12/h2H,3H2,1H3,(H,7,8)(H,11,12). The van der Waals surface area contributed by atoms with Crippen LogP contribution in [0.3, 0.4) is 0 Å². The summed E-state index contributed by atoms with van der Waals surface area (Å²) in [5, 5.41) is 21.2. The molecule has 14 heavy (non-hydrogen) atoms. The molecular formula is C6H8N4O4. The number of hydrogen-bond acceptors (Lipinski definition) is 5. The van der Waals surface area contributed by atoms with E-state index >= 15 is 0 Å². The van der Waals surface area contributed by atoms with Crippen molar-refractivity contribution in [3.8, 4) is 0 Å². The molecule has 0 aliphatic rings. The average Bonchev–Trinajstić information content (AvgIpc) is 2.43. The van der Waals surface area contributed by atoms with Crippen LogP contribution in [0.1, 0.15) is 0 Å². The van der Waals surface area contributed by atoms with E-state index in [-0.39, 0.29) is 18.3 Å². The Morgan fingerprint density at radius 2 is 2.50 bits per heavy atom. The largest absolute Gasteiger partial charge is 0.480 e. The second-order valence-corrected chi connectivity index (χ2v) is 2.50. The molecule has 0 atom stereocenters. The van der Waals surface area contributed by atoms with E-state index in [1.165, 1.54) is 11.6 Å². The maximum atomic E-state index is 10.4. The van der Waals surface area contributed by atoms with Crippen molar-refractivity contribution in [1.82, 2.24) is 9.55 Å². The summed E-state index contributed by atoms with van der Waals surface area (Å²) < 4.78 is 1.17. The minimum atomic E-state index is -1.06. The van der Waals surface area contributed by atoms with Crippen LogP contribution in [0.5, 0.6) is 0 Å². The normalized spacial score (nSPS) is 9.79. The predicted octanol–water partition coefficient (Wildman–Crippen LogP) is -0.175. The van der Waals surface area contributed by atoms with Crippen LogP contribution < -0.4 is 5.32 Å². The lowest BCUT2D eigenvalue weighted by atomic mass is 10.6. The first-order valence-corrected chi connectivity index (χ1v) is 3.64. The molecule has 0 saturated heterocycles. The second kappa shape index (κ2) is 3.73. The molecule has 8 nitrogen and oxygen atoms in total. The van der Waals surface area contributed by atoms with Crippen LogP contribution in [0.4, 0.5) is 11.8 Å². The maximum Gasteiger partial charge on any atom is 0.344 e. The van der Waals surface area contributed by atoms with Gasteiger partial charge in [-0.2, -0.15) is 9.55 Å². The lowest BCUT2D eigenvalue weighted by Crippen LogP contribution is -2.15. The van der Waals surface area contributed by atoms with Crippen molar-refractivity contribution in [1.29, 1.82) is 0 Å². The smallest absolute Gasteiger partial charge is 0.344 e. The Morgan fingerprint density at radius 1 is 1.86 bits per heavy atom. The third-order valence-corrected chi connectivity index (χ3v) is 1.55. The highest BCUT2D eigenvalue weighted by atomic mass is 16.6. The van der Waals surface area contributed by atoms with E-state index in [1.807, 2.05) is 0 Å². The van der Waals surface area contributed by atoms with E-state index in [2.05, 4.69) is 10.3 Å². The molecule has 0 spiro atoms. The quantitative estimate of drug-likeness (QED) is 0.515. The zero-order valence-corrected chi connectivity index (χ0v) is 7.30. The second-order valence-electron chi connectivity index (χ2n) is 2.50. The fourth-order valence-corrected chi connectivity index (χ4v) is 0.889. The van der Waals surface area contributed by atoms with Crippen molar-refractivity contribution in [2.24, 2.45) is 7.05 Å². The summed E-state index contributed by atoms with van der Waals surface area (Å²) in [7, 11) is 1.43. The van der Waals surface area contributed by atoms with E-state index in [0.717, 1.165) is 6.20 Å². The molecule has 2 N–H and O–H groups in total. The van der Waals surface area contributed by atoms with Gasteiger partial charge in [0.1, 0.15) is 12.7 Å². The highest BCUT2D eigenvalue weighted by Gasteiger charge is 2.16. The van der Waals surface area contributed by atoms with Crippen molar-refractivity contribution in [2.45, 2.75) is 0 Å². The molecule has 1 heterocycles. The van der Waals surface area contributed by atoms with E-state index in [9.17, 15) is 14.9 Å². The Balaban J connectivity index is 2.79. The van der Waals surface area contributed by atoms with E-state index in [1.54, 1.807) is 0 Å². The Kier molecular flexibility index (Phi) is 2.65. The van der Waals surface area contributed by atoms with E-state index in [0.29, 0.717) is 0 Å². The monoisotopic (exact) mass is 200 g/mol.